The molecule has 0 saturated carbocycles. The van der Waals surface area contributed by atoms with Crippen molar-refractivity contribution in [1.29, 1.82) is 0 Å². The number of pyridine rings is 1. The topological polar surface area (TPSA) is 77.8 Å². The first kappa shape index (κ1) is 16.9. The van der Waals surface area contributed by atoms with Crippen molar-refractivity contribution in [2.45, 2.75) is 13.1 Å². The first-order valence-electron chi connectivity index (χ1n) is 8.59. The minimum atomic E-state index is 0.322. The molecule has 7 nitrogen and oxygen atoms in total. The summed E-state index contributed by atoms with van der Waals surface area (Å²) in [6, 6.07) is 21.8. The van der Waals surface area contributed by atoms with Gasteiger partial charge in [-0.25, -0.2) is 0 Å². The average Bonchev–Trinajstić information content (AvgIpc) is 3.18. The molecule has 2 heterocycles. The Bertz CT molecular complexity index is 988. The zero-order valence-electron chi connectivity index (χ0n) is 14.6. The van der Waals surface area contributed by atoms with Gasteiger partial charge in [-0.3, -0.25) is 4.98 Å². The molecule has 7 heteroatoms. The highest BCUT2D eigenvalue weighted by molar-refractivity contribution is 5.34. The van der Waals surface area contributed by atoms with Crippen LogP contribution in [0.15, 0.2) is 79.1 Å². The predicted molar refractivity (Wildman–Crippen MR) is 100 cm³/mol. The fourth-order valence-electron chi connectivity index (χ4n) is 2.65. The normalized spacial score (nSPS) is 10.7. The first-order valence-corrected chi connectivity index (χ1v) is 8.59. The Kier molecular flexibility index (Phi) is 5.12. The highest BCUT2D eigenvalue weighted by Crippen LogP contribution is 2.22. The molecule has 0 amide bonds. The van der Waals surface area contributed by atoms with Crippen LogP contribution < -0.4 is 10.1 Å². The summed E-state index contributed by atoms with van der Waals surface area (Å²) in [6.07, 6.45) is 3.59. The standard InChI is InChI=1S/C20H18N6O/c1-2-6-18(7-3-1)26-20(23-24-25-26)27-19-8-4-5-17(13-19)15-22-14-16-9-11-21-12-10-16/h1-13,22H,14-15H2. The second-order valence-electron chi connectivity index (χ2n) is 5.92. The van der Waals surface area contributed by atoms with Gasteiger partial charge < -0.3 is 10.1 Å². The zero-order chi connectivity index (χ0) is 18.3. The van der Waals surface area contributed by atoms with Crippen molar-refractivity contribution in [3.05, 3.63) is 90.3 Å². The second-order valence-corrected chi connectivity index (χ2v) is 5.92. The molecule has 134 valence electrons. The van der Waals surface area contributed by atoms with E-state index >= 15 is 0 Å². The highest BCUT2D eigenvalue weighted by atomic mass is 16.5. The lowest BCUT2D eigenvalue weighted by Gasteiger charge is -2.09. The summed E-state index contributed by atoms with van der Waals surface area (Å²) in [5, 5.41) is 15.1. The van der Waals surface area contributed by atoms with Crippen LogP contribution in [0.2, 0.25) is 0 Å². The van der Waals surface area contributed by atoms with Crippen molar-refractivity contribution in [2.75, 3.05) is 0 Å². The van der Waals surface area contributed by atoms with Crippen LogP contribution in [0.3, 0.4) is 0 Å². The zero-order valence-corrected chi connectivity index (χ0v) is 14.6. The summed E-state index contributed by atoms with van der Waals surface area (Å²) >= 11 is 0. The van der Waals surface area contributed by atoms with E-state index in [9.17, 15) is 0 Å². The van der Waals surface area contributed by atoms with E-state index < -0.39 is 0 Å². The molecule has 0 atom stereocenters. The highest BCUT2D eigenvalue weighted by Gasteiger charge is 2.10. The monoisotopic (exact) mass is 358 g/mol. The molecular weight excluding hydrogens is 340 g/mol. The molecule has 0 aliphatic carbocycles. The number of rotatable bonds is 7. The van der Waals surface area contributed by atoms with Crippen LogP contribution in [-0.4, -0.2) is 25.2 Å². The van der Waals surface area contributed by atoms with Crippen molar-refractivity contribution in [1.82, 2.24) is 30.5 Å². The third-order valence-corrected chi connectivity index (χ3v) is 3.96. The SMILES string of the molecule is c1ccc(-n2nnnc2Oc2cccc(CNCc3ccncc3)c2)cc1. The van der Waals surface area contributed by atoms with Gasteiger partial charge >= 0.3 is 6.01 Å². The molecule has 1 N–H and O–H groups in total. The number of tetrazole rings is 1. The van der Waals surface area contributed by atoms with Crippen molar-refractivity contribution < 1.29 is 4.74 Å². The van der Waals surface area contributed by atoms with Gasteiger partial charge in [-0.05, 0) is 58.0 Å². The third-order valence-electron chi connectivity index (χ3n) is 3.96. The number of hydrogen-bond acceptors (Lipinski definition) is 6. The Labute approximate surface area is 156 Å². The number of nitrogens with one attached hydrogen (secondary N) is 1. The fraction of sp³-hybridized carbons (Fsp3) is 0.100. The number of ether oxygens (including phenoxy) is 1. The van der Waals surface area contributed by atoms with Crippen LogP contribution in [0, 0.1) is 0 Å². The molecule has 0 fully saturated rings. The van der Waals surface area contributed by atoms with E-state index in [1.54, 1.807) is 17.1 Å². The van der Waals surface area contributed by atoms with Gasteiger partial charge in [0, 0.05) is 25.5 Å². The summed E-state index contributed by atoms with van der Waals surface area (Å²) in [5.41, 5.74) is 3.15. The maximum absolute atomic E-state index is 5.90. The molecule has 0 spiro atoms. The molecule has 2 aromatic carbocycles. The van der Waals surface area contributed by atoms with Gasteiger partial charge in [0.2, 0.25) is 0 Å². The van der Waals surface area contributed by atoms with Crippen molar-refractivity contribution in [3.63, 3.8) is 0 Å². The van der Waals surface area contributed by atoms with E-state index in [0.29, 0.717) is 11.8 Å². The van der Waals surface area contributed by atoms with Gasteiger partial charge in [-0.15, -0.1) is 0 Å². The van der Waals surface area contributed by atoms with Crippen LogP contribution in [0.25, 0.3) is 5.69 Å². The molecule has 2 aromatic heterocycles. The van der Waals surface area contributed by atoms with Crippen molar-refractivity contribution in [2.24, 2.45) is 0 Å². The van der Waals surface area contributed by atoms with Crippen LogP contribution >= 0.6 is 0 Å². The quantitative estimate of drug-likeness (QED) is 0.547. The van der Waals surface area contributed by atoms with Crippen molar-refractivity contribution in [3.8, 4) is 17.4 Å². The number of hydrogen-bond donors (Lipinski definition) is 1. The molecular formula is C20H18N6O. The molecule has 4 rings (SSSR count). The molecule has 0 saturated heterocycles. The molecule has 0 aliphatic rings. The lowest BCUT2D eigenvalue weighted by Crippen LogP contribution is -2.12. The van der Waals surface area contributed by atoms with E-state index in [0.717, 1.165) is 24.3 Å². The van der Waals surface area contributed by atoms with E-state index in [4.69, 9.17) is 4.74 Å². The Morgan fingerprint density at radius 2 is 1.67 bits per heavy atom. The molecule has 0 bridgehead atoms. The lowest BCUT2D eigenvalue weighted by atomic mass is 10.2. The first-order chi connectivity index (χ1) is 13.4. The lowest BCUT2D eigenvalue weighted by molar-refractivity contribution is 0.426. The van der Waals surface area contributed by atoms with Crippen LogP contribution in [0.1, 0.15) is 11.1 Å². The number of benzene rings is 2. The Morgan fingerprint density at radius 1 is 0.852 bits per heavy atom. The third kappa shape index (κ3) is 4.34. The second kappa shape index (κ2) is 8.20. The van der Waals surface area contributed by atoms with Crippen LogP contribution in [0.4, 0.5) is 0 Å². The van der Waals surface area contributed by atoms with Crippen LogP contribution in [0.5, 0.6) is 11.8 Å². The Hall–Kier alpha value is -3.58. The van der Waals surface area contributed by atoms with Gasteiger partial charge in [-0.1, -0.05) is 35.4 Å². The molecule has 4 aromatic rings. The summed E-state index contributed by atoms with van der Waals surface area (Å²) < 4.78 is 7.46. The van der Waals surface area contributed by atoms with Gasteiger partial charge in [0.1, 0.15) is 5.75 Å². The average molecular weight is 358 g/mol. The van der Waals surface area contributed by atoms with E-state index in [-0.39, 0.29) is 0 Å². The number of para-hydroxylation sites is 1. The van der Waals surface area contributed by atoms with Gasteiger partial charge in [0.15, 0.2) is 0 Å². The summed E-state index contributed by atoms with van der Waals surface area (Å²) in [4.78, 5) is 4.03. The minimum absolute atomic E-state index is 0.322. The number of nitrogens with zero attached hydrogens (tertiary/aromatic N) is 5. The molecule has 0 unspecified atom stereocenters. The van der Waals surface area contributed by atoms with E-state index in [2.05, 4.69) is 25.8 Å². The maximum atomic E-state index is 5.90. The summed E-state index contributed by atoms with van der Waals surface area (Å²) in [6.45, 7) is 1.50. The smallest absolute Gasteiger partial charge is 0.345 e. The molecule has 0 aliphatic heterocycles. The van der Waals surface area contributed by atoms with E-state index in [1.165, 1.54) is 5.56 Å². The van der Waals surface area contributed by atoms with Crippen LogP contribution in [-0.2, 0) is 13.1 Å². The predicted octanol–water partition coefficient (Wildman–Crippen LogP) is 3.14. The largest absolute Gasteiger partial charge is 0.423 e. The Morgan fingerprint density at radius 3 is 2.52 bits per heavy atom. The number of aromatic nitrogens is 5. The molecule has 27 heavy (non-hydrogen) atoms. The van der Waals surface area contributed by atoms with E-state index in [1.807, 2.05) is 66.7 Å². The molecule has 0 radical (unpaired) electrons. The van der Waals surface area contributed by atoms with Crippen molar-refractivity contribution >= 4 is 0 Å². The van der Waals surface area contributed by atoms with Gasteiger partial charge in [-0.2, -0.15) is 4.68 Å². The maximum Gasteiger partial charge on any atom is 0.345 e. The fourth-order valence-corrected chi connectivity index (χ4v) is 2.65. The van der Waals surface area contributed by atoms with Gasteiger partial charge in [0.25, 0.3) is 0 Å². The minimum Gasteiger partial charge on any atom is -0.423 e. The Balaban J connectivity index is 1.42. The van der Waals surface area contributed by atoms with Gasteiger partial charge in [0.05, 0.1) is 5.69 Å². The summed E-state index contributed by atoms with van der Waals surface area (Å²) in [5.74, 6) is 0.685. The summed E-state index contributed by atoms with van der Waals surface area (Å²) in [7, 11) is 0.